The predicted molar refractivity (Wildman–Crippen MR) is 96.9 cm³/mol. The van der Waals surface area contributed by atoms with Gasteiger partial charge in [0.25, 0.3) is 0 Å². The van der Waals surface area contributed by atoms with Crippen LogP contribution in [-0.2, 0) is 9.84 Å². The van der Waals surface area contributed by atoms with E-state index in [1.165, 1.54) is 0 Å². The molecule has 24 heavy (non-hydrogen) atoms. The van der Waals surface area contributed by atoms with E-state index in [2.05, 4.69) is 26.6 Å². The largest absolute Gasteiger partial charge is 0.331 e. The number of halogens is 1. The maximum absolute atomic E-state index is 12.3. The van der Waals surface area contributed by atoms with Crippen LogP contribution in [0.5, 0.6) is 0 Å². The molecule has 0 fully saturated rings. The molecule has 0 aromatic heterocycles. The summed E-state index contributed by atoms with van der Waals surface area (Å²) in [6, 6.07) is 11.8. The average molecular weight is 409 g/mol. The van der Waals surface area contributed by atoms with Crippen molar-refractivity contribution < 1.29 is 13.2 Å². The third-order valence-electron chi connectivity index (χ3n) is 3.98. The van der Waals surface area contributed by atoms with Gasteiger partial charge in [-0.3, -0.25) is 0 Å². The van der Waals surface area contributed by atoms with Crippen molar-refractivity contribution in [3.8, 4) is 0 Å². The molecular formula is C17H17BrN2O3S. The summed E-state index contributed by atoms with van der Waals surface area (Å²) in [6.45, 7) is 1.97. The lowest BCUT2D eigenvalue weighted by molar-refractivity contribution is 0.248. The first kappa shape index (κ1) is 17.0. The van der Waals surface area contributed by atoms with Gasteiger partial charge in [0.2, 0.25) is 0 Å². The average Bonchev–Trinajstić information content (AvgIpc) is 2.53. The molecule has 0 bridgehead atoms. The fraction of sp³-hybridized carbons (Fsp3) is 0.235. The topological polar surface area (TPSA) is 75.3 Å². The van der Waals surface area contributed by atoms with E-state index in [1.54, 1.807) is 24.3 Å². The van der Waals surface area contributed by atoms with E-state index in [0.29, 0.717) is 22.6 Å². The zero-order chi connectivity index (χ0) is 17.3. The Hall–Kier alpha value is -1.86. The molecule has 2 amide bonds. The quantitative estimate of drug-likeness (QED) is 0.793. The summed E-state index contributed by atoms with van der Waals surface area (Å²) in [6.07, 6.45) is 0.363. The lowest BCUT2D eigenvalue weighted by Gasteiger charge is -2.26. The molecular weight excluding hydrogens is 392 g/mol. The van der Waals surface area contributed by atoms with E-state index >= 15 is 0 Å². The van der Waals surface area contributed by atoms with E-state index in [-0.39, 0.29) is 17.8 Å². The molecule has 7 heteroatoms. The highest BCUT2D eigenvalue weighted by atomic mass is 79.9. The highest BCUT2D eigenvalue weighted by Crippen LogP contribution is 2.32. The molecule has 126 valence electrons. The van der Waals surface area contributed by atoms with Gasteiger partial charge in [-0.05, 0) is 58.6 Å². The van der Waals surface area contributed by atoms with Crippen molar-refractivity contribution in [2.75, 3.05) is 11.1 Å². The Morgan fingerprint density at radius 3 is 2.71 bits per heavy atom. The standard InChI is InChI=1S/C17H17BrN2O3S/c1-11-6-7-15(13(18)10-11)20-17(21)19-14-8-9-24(22,23)16-5-3-2-4-12(14)16/h2-7,10,14H,8-9H2,1H3,(H2,19,20,21). The molecule has 2 aromatic carbocycles. The minimum absolute atomic E-state index is 0.0309. The van der Waals surface area contributed by atoms with Crippen LogP contribution in [0.2, 0.25) is 0 Å². The number of urea groups is 1. The van der Waals surface area contributed by atoms with Gasteiger partial charge >= 0.3 is 6.03 Å². The summed E-state index contributed by atoms with van der Waals surface area (Å²) < 4.78 is 25.1. The van der Waals surface area contributed by atoms with Crippen molar-refractivity contribution in [2.45, 2.75) is 24.3 Å². The highest BCUT2D eigenvalue weighted by molar-refractivity contribution is 9.10. The Labute approximate surface area is 149 Å². The molecule has 1 aliphatic rings. The normalized spacial score (nSPS) is 18.5. The lowest BCUT2D eigenvalue weighted by Crippen LogP contribution is -2.36. The second-order valence-corrected chi connectivity index (χ2v) is 8.71. The van der Waals surface area contributed by atoms with Gasteiger partial charge in [0, 0.05) is 4.47 Å². The van der Waals surface area contributed by atoms with Crippen molar-refractivity contribution in [3.63, 3.8) is 0 Å². The molecule has 2 aromatic rings. The van der Waals surface area contributed by atoms with E-state index in [1.807, 2.05) is 25.1 Å². The Kier molecular flexibility index (Phi) is 4.64. The van der Waals surface area contributed by atoms with Gasteiger partial charge in [-0.1, -0.05) is 24.3 Å². The summed E-state index contributed by atoms with van der Waals surface area (Å²) >= 11 is 3.42. The molecule has 1 aliphatic heterocycles. The van der Waals surface area contributed by atoms with Crippen molar-refractivity contribution in [2.24, 2.45) is 0 Å². The third-order valence-corrected chi connectivity index (χ3v) is 6.45. The third kappa shape index (κ3) is 3.47. The number of rotatable bonds is 2. The van der Waals surface area contributed by atoms with Crippen molar-refractivity contribution in [1.29, 1.82) is 0 Å². The Balaban J connectivity index is 1.78. The summed E-state index contributed by atoms with van der Waals surface area (Å²) in [5.74, 6) is 0.0309. The Morgan fingerprint density at radius 1 is 1.21 bits per heavy atom. The van der Waals surface area contributed by atoms with Gasteiger partial charge in [0.15, 0.2) is 9.84 Å². The molecule has 1 atom stereocenters. The minimum atomic E-state index is -3.26. The van der Waals surface area contributed by atoms with Crippen LogP contribution in [-0.4, -0.2) is 20.2 Å². The van der Waals surface area contributed by atoms with Crippen LogP contribution in [0, 0.1) is 6.92 Å². The van der Waals surface area contributed by atoms with Gasteiger partial charge in [0.1, 0.15) is 0 Å². The van der Waals surface area contributed by atoms with Crippen LogP contribution < -0.4 is 10.6 Å². The Morgan fingerprint density at radius 2 is 1.96 bits per heavy atom. The van der Waals surface area contributed by atoms with Gasteiger partial charge in [-0.2, -0.15) is 0 Å². The highest BCUT2D eigenvalue weighted by Gasteiger charge is 2.30. The zero-order valence-corrected chi connectivity index (χ0v) is 15.4. The zero-order valence-electron chi connectivity index (χ0n) is 13.0. The summed E-state index contributed by atoms with van der Waals surface area (Å²) in [5, 5.41) is 5.66. The number of carbonyl (C=O) groups is 1. The van der Waals surface area contributed by atoms with E-state index in [9.17, 15) is 13.2 Å². The van der Waals surface area contributed by atoms with Gasteiger partial charge in [-0.25, -0.2) is 13.2 Å². The van der Waals surface area contributed by atoms with E-state index in [0.717, 1.165) is 10.0 Å². The fourth-order valence-electron chi connectivity index (χ4n) is 2.78. The second-order valence-electron chi connectivity index (χ2n) is 5.78. The number of nitrogens with one attached hydrogen (secondary N) is 2. The number of anilines is 1. The lowest BCUT2D eigenvalue weighted by atomic mass is 10.0. The number of amides is 2. The summed E-state index contributed by atoms with van der Waals surface area (Å²) in [7, 11) is -3.26. The van der Waals surface area contributed by atoms with Crippen LogP contribution in [0.3, 0.4) is 0 Å². The second kappa shape index (κ2) is 6.57. The molecule has 3 rings (SSSR count). The fourth-order valence-corrected chi connectivity index (χ4v) is 4.99. The van der Waals surface area contributed by atoms with Gasteiger partial charge in [0.05, 0.1) is 22.4 Å². The monoisotopic (exact) mass is 408 g/mol. The number of fused-ring (bicyclic) bond motifs is 1. The van der Waals surface area contributed by atoms with Crippen molar-refractivity contribution in [3.05, 3.63) is 58.1 Å². The molecule has 2 N–H and O–H groups in total. The van der Waals surface area contributed by atoms with Crippen LogP contribution in [0.25, 0.3) is 0 Å². The molecule has 1 unspecified atom stereocenters. The van der Waals surface area contributed by atoms with Crippen LogP contribution in [0.1, 0.15) is 23.6 Å². The van der Waals surface area contributed by atoms with Crippen LogP contribution in [0.15, 0.2) is 51.8 Å². The predicted octanol–water partition coefficient (Wildman–Crippen LogP) is 3.80. The maximum atomic E-state index is 12.3. The molecule has 0 saturated heterocycles. The number of aryl methyl sites for hydroxylation is 1. The SMILES string of the molecule is Cc1ccc(NC(=O)NC2CCS(=O)(=O)c3ccccc32)c(Br)c1. The molecule has 0 saturated carbocycles. The van der Waals surface area contributed by atoms with Crippen LogP contribution in [0.4, 0.5) is 10.5 Å². The van der Waals surface area contributed by atoms with E-state index < -0.39 is 9.84 Å². The number of hydrogen-bond acceptors (Lipinski definition) is 3. The van der Waals surface area contributed by atoms with Crippen LogP contribution >= 0.6 is 15.9 Å². The van der Waals surface area contributed by atoms with Gasteiger partial charge in [-0.15, -0.1) is 0 Å². The van der Waals surface area contributed by atoms with Crippen molar-refractivity contribution >= 4 is 37.5 Å². The minimum Gasteiger partial charge on any atom is -0.331 e. The molecule has 0 spiro atoms. The maximum Gasteiger partial charge on any atom is 0.319 e. The molecule has 5 nitrogen and oxygen atoms in total. The first-order valence-electron chi connectivity index (χ1n) is 7.52. The number of benzene rings is 2. The molecule has 0 aliphatic carbocycles. The number of sulfone groups is 1. The Bertz CT molecular complexity index is 896. The number of carbonyl (C=O) groups excluding carboxylic acids is 1. The first-order chi connectivity index (χ1) is 11.4. The van der Waals surface area contributed by atoms with Crippen molar-refractivity contribution in [1.82, 2.24) is 5.32 Å². The summed E-state index contributed by atoms with van der Waals surface area (Å²) in [4.78, 5) is 12.6. The smallest absolute Gasteiger partial charge is 0.319 e. The summed E-state index contributed by atoms with van der Waals surface area (Å²) in [5.41, 5.74) is 2.39. The van der Waals surface area contributed by atoms with Gasteiger partial charge < -0.3 is 10.6 Å². The first-order valence-corrected chi connectivity index (χ1v) is 9.97. The number of hydrogen-bond donors (Lipinski definition) is 2. The van der Waals surface area contributed by atoms with E-state index in [4.69, 9.17) is 0 Å². The molecule has 0 radical (unpaired) electrons. The molecule has 1 heterocycles.